The van der Waals surface area contributed by atoms with E-state index in [-0.39, 0.29) is 30.4 Å². The Hall–Kier alpha value is -3.68. The number of carbonyl (C=O) groups is 2. The van der Waals surface area contributed by atoms with E-state index in [9.17, 15) is 14.0 Å². The van der Waals surface area contributed by atoms with Crippen LogP contribution in [-0.4, -0.2) is 44.5 Å². The molecule has 0 unspecified atom stereocenters. The molecule has 180 valence electrons. The molecule has 0 atom stereocenters. The molecule has 0 saturated heterocycles. The number of amides is 3. The third-order valence-corrected chi connectivity index (χ3v) is 5.14. The van der Waals surface area contributed by atoms with Crippen molar-refractivity contribution in [2.75, 3.05) is 11.9 Å². The summed E-state index contributed by atoms with van der Waals surface area (Å²) in [5.74, 6) is -0.515. The molecule has 0 saturated carbocycles. The quantitative estimate of drug-likeness (QED) is 0.529. The average Bonchev–Trinajstić information content (AvgIpc) is 3.16. The largest absolute Gasteiger partial charge is 0.333 e. The van der Waals surface area contributed by atoms with Crippen molar-refractivity contribution in [1.82, 2.24) is 19.8 Å². The van der Waals surface area contributed by atoms with Crippen molar-refractivity contribution >= 4 is 17.9 Å². The molecule has 0 aliphatic carbocycles. The van der Waals surface area contributed by atoms with Gasteiger partial charge < -0.3 is 10.2 Å². The Balaban J connectivity index is 1.91. The maximum absolute atomic E-state index is 14.3. The Bertz CT molecular complexity index is 1170. The maximum atomic E-state index is 14.3. The molecule has 0 fully saturated rings. The molecular weight excluding hydrogens is 433 g/mol. The van der Waals surface area contributed by atoms with Crippen LogP contribution in [0.4, 0.5) is 15.1 Å². The zero-order chi connectivity index (χ0) is 25.0. The zero-order valence-electron chi connectivity index (χ0n) is 20.5. The number of urea groups is 1. The summed E-state index contributed by atoms with van der Waals surface area (Å²) in [4.78, 5) is 31.7. The summed E-state index contributed by atoms with van der Waals surface area (Å²) in [6.07, 6.45) is 1.75. The van der Waals surface area contributed by atoms with E-state index in [1.807, 2.05) is 65.0 Å². The van der Waals surface area contributed by atoms with Crippen molar-refractivity contribution in [2.45, 2.75) is 53.1 Å². The van der Waals surface area contributed by atoms with E-state index in [0.717, 1.165) is 5.56 Å². The number of hydrogen-bond acceptors (Lipinski definition) is 3. The van der Waals surface area contributed by atoms with Gasteiger partial charge in [-0.2, -0.15) is 0 Å². The molecule has 0 bridgehead atoms. The normalized spacial score (nSPS) is 11.4. The smallest absolute Gasteiger partial charge is 0.318 e. The Morgan fingerprint density at radius 3 is 2.38 bits per heavy atom. The summed E-state index contributed by atoms with van der Waals surface area (Å²) in [7, 11) is 0. The van der Waals surface area contributed by atoms with Gasteiger partial charge in [-0.1, -0.05) is 36.4 Å². The molecule has 34 heavy (non-hydrogen) atoms. The summed E-state index contributed by atoms with van der Waals surface area (Å²) < 4.78 is 15.9. The van der Waals surface area contributed by atoms with E-state index in [1.165, 1.54) is 11.0 Å². The summed E-state index contributed by atoms with van der Waals surface area (Å²) >= 11 is 0. The predicted molar refractivity (Wildman–Crippen MR) is 132 cm³/mol. The minimum atomic E-state index is -0.433. The third-order valence-electron chi connectivity index (χ3n) is 5.14. The van der Waals surface area contributed by atoms with Gasteiger partial charge in [-0.25, -0.2) is 14.2 Å². The van der Waals surface area contributed by atoms with Crippen molar-refractivity contribution in [3.05, 3.63) is 66.1 Å². The molecule has 2 aromatic carbocycles. The Morgan fingerprint density at radius 2 is 1.79 bits per heavy atom. The van der Waals surface area contributed by atoms with Crippen LogP contribution < -0.4 is 10.6 Å². The van der Waals surface area contributed by atoms with Crippen molar-refractivity contribution in [3.63, 3.8) is 0 Å². The fourth-order valence-corrected chi connectivity index (χ4v) is 3.35. The number of halogens is 1. The van der Waals surface area contributed by atoms with Gasteiger partial charge in [0.2, 0.25) is 11.9 Å². The second-order valence-electron chi connectivity index (χ2n) is 9.57. The third kappa shape index (κ3) is 6.21. The lowest BCUT2D eigenvalue weighted by molar-refractivity contribution is -0.117. The Labute approximate surface area is 200 Å². The maximum Gasteiger partial charge on any atom is 0.318 e. The van der Waals surface area contributed by atoms with Crippen LogP contribution in [-0.2, 0) is 4.79 Å². The van der Waals surface area contributed by atoms with Gasteiger partial charge in [0.25, 0.3) is 0 Å². The van der Waals surface area contributed by atoms with Gasteiger partial charge in [0.15, 0.2) is 0 Å². The van der Waals surface area contributed by atoms with E-state index in [0.29, 0.717) is 16.9 Å². The van der Waals surface area contributed by atoms with Crippen molar-refractivity contribution in [1.29, 1.82) is 0 Å². The number of carbonyl (C=O) groups excluding carboxylic acids is 2. The number of anilines is 1. The molecule has 1 aromatic heterocycles. The molecule has 0 aliphatic heterocycles. The van der Waals surface area contributed by atoms with Gasteiger partial charge in [0, 0.05) is 23.3 Å². The highest BCUT2D eigenvalue weighted by Gasteiger charge is 2.25. The highest BCUT2D eigenvalue weighted by molar-refractivity contribution is 5.93. The first-order valence-electron chi connectivity index (χ1n) is 11.2. The molecule has 1 heterocycles. The lowest BCUT2D eigenvalue weighted by atomic mass is 10.1. The van der Waals surface area contributed by atoms with Crippen LogP contribution in [0.5, 0.6) is 0 Å². The zero-order valence-corrected chi connectivity index (χ0v) is 20.5. The first kappa shape index (κ1) is 25.0. The lowest BCUT2D eigenvalue weighted by Gasteiger charge is -2.30. The van der Waals surface area contributed by atoms with Crippen LogP contribution in [0.1, 0.15) is 40.2 Å². The van der Waals surface area contributed by atoms with Gasteiger partial charge in [-0.05, 0) is 59.2 Å². The topological polar surface area (TPSA) is 79.3 Å². The number of benzene rings is 2. The van der Waals surface area contributed by atoms with Crippen LogP contribution in [0, 0.1) is 12.7 Å². The number of imidazole rings is 1. The first-order chi connectivity index (χ1) is 15.9. The van der Waals surface area contributed by atoms with Crippen LogP contribution in [0.3, 0.4) is 0 Å². The molecule has 3 aromatic rings. The summed E-state index contributed by atoms with van der Waals surface area (Å²) in [5, 5.41) is 5.69. The first-order valence-corrected chi connectivity index (χ1v) is 11.2. The van der Waals surface area contributed by atoms with Crippen LogP contribution in [0.15, 0.2) is 54.7 Å². The fraction of sp³-hybridized carbons (Fsp3) is 0.346. The van der Waals surface area contributed by atoms with Gasteiger partial charge in [0.05, 0.1) is 11.4 Å². The van der Waals surface area contributed by atoms with Gasteiger partial charge in [0.1, 0.15) is 12.4 Å². The standard InChI is InChI=1S/C26H32FN5O2/c1-17(2)31(25(34)30-26(4,5)6)16-23(33)29-24-28-22(19-10-8-7-9-11-19)15-32(24)20-13-12-18(3)21(27)14-20/h7-15,17H,16H2,1-6H3,(H,30,34)(H,28,29,33). The van der Waals surface area contributed by atoms with Gasteiger partial charge >= 0.3 is 6.03 Å². The predicted octanol–water partition coefficient (Wildman–Crippen LogP) is 5.14. The number of aryl methyl sites for hydroxylation is 1. The molecule has 3 rings (SSSR count). The Kier molecular flexibility index (Phi) is 7.39. The monoisotopic (exact) mass is 465 g/mol. The molecule has 2 N–H and O–H groups in total. The van der Waals surface area contributed by atoms with Crippen LogP contribution in [0.25, 0.3) is 16.9 Å². The summed E-state index contributed by atoms with van der Waals surface area (Å²) in [6, 6.07) is 13.8. The van der Waals surface area contributed by atoms with E-state index >= 15 is 0 Å². The second kappa shape index (κ2) is 10.1. The minimum Gasteiger partial charge on any atom is -0.333 e. The summed E-state index contributed by atoms with van der Waals surface area (Å²) in [5.41, 5.74) is 2.10. The number of rotatable bonds is 6. The number of aromatic nitrogens is 2. The number of nitrogens with one attached hydrogen (secondary N) is 2. The molecule has 0 spiro atoms. The highest BCUT2D eigenvalue weighted by Crippen LogP contribution is 2.25. The molecular formula is C26H32FN5O2. The number of hydrogen-bond donors (Lipinski definition) is 2. The fourth-order valence-electron chi connectivity index (χ4n) is 3.35. The van der Waals surface area contributed by atoms with Crippen LogP contribution in [0.2, 0.25) is 0 Å². The number of nitrogens with zero attached hydrogens (tertiary/aromatic N) is 3. The van der Waals surface area contributed by atoms with E-state index in [4.69, 9.17) is 0 Å². The molecule has 0 aliphatic rings. The molecule has 3 amide bonds. The Morgan fingerprint density at radius 1 is 1.12 bits per heavy atom. The summed E-state index contributed by atoms with van der Waals surface area (Å²) in [6.45, 7) is 10.9. The van der Waals surface area contributed by atoms with Crippen molar-refractivity contribution < 1.29 is 14.0 Å². The average molecular weight is 466 g/mol. The molecule has 8 heteroatoms. The SMILES string of the molecule is Cc1ccc(-n2cc(-c3ccccc3)nc2NC(=O)CN(C(=O)NC(C)(C)C)C(C)C)cc1F. The van der Waals surface area contributed by atoms with Gasteiger partial charge in [-0.15, -0.1) is 0 Å². The van der Waals surface area contributed by atoms with E-state index < -0.39 is 11.4 Å². The lowest BCUT2D eigenvalue weighted by Crippen LogP contribution is -2.52. The van der Waals surface area contributed by atoms with Crippen molar-refractivity contribution in [2.24, 2.45) is 0 Å². The highest BCUT2D eigenvalue weighted by atomic mass is 19.1. The second-order valence-corrected chi connectivity index (χ2v) is 9.57. The van der Waals surface area contributed by atoms with Crippen LogP contribution >= 0.6 is 0 Å². The van der Waals surface area contributed by atoms with Crippen molar-refractivity contribution in [3.8, 4) is 16.9 Å². The molecule has 0 radical (unpaired) electrons. The molecule has 7 nitrogen and oxygen atoms in total. The van der Waals surface area contributed by atoms with E-state index in [2.05, 4.69) is 15.6 Å². The van der Waals surface area contributed by atoms with E-state index in [1.54, 1.807) is 29.8 Å². The minimum absolute atomic E-state index is 0.157. The van der Waals surface area contributed by atoms with Gasteiger partial charge in [-0.3, -0.25) is 14.7 Å².